The molecule has 0 unspecified atom stereocenters. The smallest absolute Gasteiger partial charge is 0.222 e. The van der Waals surface area contributed by atoms with Crippen LogP contribution in [0.2, 0.25) is 0 Å². The van der Waals surface area contributed by atoms with Gasteiger partial charge in [0.2, 0.25) is 5.91 Å². The Morgan fingerprint density at radius 2 is 1.30 bits per heavy atom. The molecule has 2 rings (SSSR count). The van der Waals surface area contributed by atoms with Crippen molar-refractivity contribution in [2.75, 3.05) is 10.6 Å². The van der Waals surface area contributed by atoms with Crippen LogP contribution in [0.5, 0.6) is 0 Å². The van der Waals surface area contributed by atoms with E-state index in [1.54, 1.807) is 6.20 Å². The van der Waals surface area contributed by atoms with Gasteiger partial charge < -0.3 is 10.6 Å². The van der Waals surface area contributed by atoms with E-state index in [0.717, 1.165) is 5.82 Å². The minimum atomic E-state index is -0.250. The molecule has 30 heavy (non-hydrogen) atoms. The summed E-state index contributed by atoms with van der Waals surface area (Å²) in [4.78, 5) is 27.5. The second-order valence-electron chi connectivity index (χ2n) is 7.49. The van der Waals surface area contributed by atoms with Crippen molar-refractivity contribution in [3.8, 4) is 12.1 Å². The van der Waals surface area contributed by atoms with Crippen LogP contribution in [0.25, 0.3) is 0 Å². The fourth-order valence-corrected chi connectivity index (χ4v) is 2.16. The Morgan fingerprint density at radius 3 is 1.67 bits per heavy atom. The molecule has 0 radical (unpaired) electrons. The van der Waals surface area contributed by atoms with Gasteiger partial charge in [0.05, 0.1) is 12.4 Å². The molecular formula is C21H28N8O. The maximum Gasteiger partial charge on any atom is 0.222 e. The Hall–Kier alpha value is -3.59. The molecule has 158 valence electrons. The van der Waals surface area contributed by atoms with Crippen LogP contribution in [0.15, 0.2) is 12.4 Å². The topological polar surface area (TPSA) is 140 Å². The monoisotopic (exact) mass is 408 g/mol. The standard InChI is InChI=1S/C11H16N4.C10H12N4O/c1-7(2)10-13-6-9(5-12)11(15-10)14-8(3)4;1-6(2)9-12-5-8(4-11)10(14-9)13-7(3)15/h6-8H,1-4H3,(H,13,14,15);5-6H,1-3H3,(H,12,13,14,15). The van der Waals surface area contributed by atoms with E-state index < -0.39 is 0 Å². The van der Waals surface area contributed by atoms with E-state index in [1.807, 2.05) is 47.6 Å². The van der Waals surface area contributed by atoms with Gasteiger partial charge >= 0.3 is 0 Å². The number of hydrogen-bond acceptors (Lipinski definition) is 8. The largest absolute Gasteiger partial charge is 0.367 e. The van der Waals surface area contributed by atoms with Crippen LogP contribution >= 0.6 is 0 Å². The van der Waals surface area contributed by atoms with Gasteiger partial charge in [-0.25, -0.2) is 19.9 Å². The van der Waals surface area contributed by atoms with Gasteiger partial charge in [-0.2, -0.15) is 10.5 Å². The molecule has 0 spiro atoms. The van der Waals surface area contributed by atoms with E-state index in [2.05, 4.69) is 36.6 Å². The minimum Gasteiger partial charge on any atom is -0.367 e. The van der Waals surface area contributed by atoms with Gasteiger partial charge in [0.15, 0.2) is 5.82 Å². The van der Waals surface area contributed by atoms with Gasteiger partial charge in [-0.15, -0.1) is 0 Å². The molecule has 2 aromatic heterocycles. The van der Waals surface area contributed by atoms with Crippen LogP contribution < -0.4 is 10.6 Å². The van der Waals surface area contributed by atoms with Gasteiger partial charge in [0.1, 0.15) is 40.7 Å². The highest BCUT2D eigenvalue weighted by atomic mass is 16.1. The highest BCUT2D eigenvalue weighted by molar-refractivity contribution is 5.88. The number of hydrogen-bond donors (Lipinski definition) is 2. The lowest BCUT2D eigenvalue weighted by molar-refractivity contribution is -0.114. The summed E-state index contributed by atoms with van der Waals surface area (Å²) >= 11 is 0. The highest BCUT2D eigenvalue weighted by Gasteiger charge is 2.11. The molecule has 2 aromatic rings. The average molecular weight is 409 g/mol. The zero-order chi connectivity index (χ0) is 22.8. The number of anilines is 2. The summed E-state index contributed by atoms with van der Waals surface area (Å²) in [6.07, 6.45) is 3.00. The van der Waals surface area contributed by atoms with Crippen molar-refractivity contribution in [1.82, 2.24) is 19.9 Å². The Kier molecular flexibility index (Phi) is 9.31. The maximum absolute atomic E-state index is 10.9. The Morgan fingerprint density at radius 1 is 0.867 bits per heavy atom. The third kappa shape index (κ3) is 7.44. The summed E-state index contributed by atoms with van der Waals surface area (Å²) in [5, 5.41) is 23.3. The number of carbonyl (C=O) groups is 1. The number of rotatable bonds is 5. The quantitative estimate of drug-likeness (QED) is 0.762. The molecule has 0 fully saturated rings. The van der Waals surface area contributed by atoms with Crippen LogP contribution in [0.1, 0.15) is 83.1 Å². The lowest BCUT2D eigenvalue weighted by Gasteiger charge is -2.12. The van der Waals surface area contributed by atoms with Gasteiger partial charge in [-0.05, 0) is 13.8 Å². The van der Waals surface area contributed by atoms with Crippen molar-refractivity contribution in [3.05, 3.63) is 35.2 Å². The van der Waals surface area contributed by atoms with E-state index in [-0.39, 0.29) is 35.2 Å². The number of aromatic nitrogens is 4. The molecule has 0 bridgehead atoms. The Labute approximate surface area is 177 Å². The SMILES string of the molecule is CC(=O)Nc1nc(C(C)C)ncc1C#N.CC(C)Nc1nc(C(C)C)ncc1C#N. The number of carbonyl (C=O) groups excluding carboxylic acids is 1. The second kappa shape index (κ2) is 11.4. The Balaban J connectivity index is 0.000000300. The van der Waals surface area contributed by atoms with E-state index in [1.165, 1.54) is 13.1 Å². The number of nitrogens with zero attached hydrogens (tertiary/aromatic N) is 6. The fourth-order valence-electron chi connectivity index (χ4n) is 2.16. The van der Waals surface area contributed by atoms with Crippen LogP contribution in [0.3, 0.4) is 0 Å². The minimum absolute atomic E-state index is 0.158. The summed E-state index contributed by atoms with van der Waals surface area (Å²) in [5.74, 6) is 2.46. The van der Waals surface area contributed by atoms with Crippen molar-refractivity contribution in [1.29, 1.82) is 10.5 Å². The zero-order valence-corrected chi connectivity index (χ0v) is 18.5. The number of nitrogens with one attached hydrogen (secondary N) is 2. The Bertz CT molecular complexity index is 954. The lowest BCUT2D eigenvalue weighted by Crippen LogP contribution is -2.14. The van der Waals surface area contributed by atoms with Crippen molar-refractivity contribution in [2.24, 2.45) is 0 Å². The maximum atomic E-state index is 10.9. The van der Waals surface area contributed by atoms with Crippen molar-refractivity contribution in [2.45, 2.75) is 66.3 Å². The third-order valence-corrected chi connectivity index (χ3v) is 3.61. The number of nitriles is 2. The van der Waals surface area contributed by atoms with Gasteiger partial charge in [-0.1, -0.05) is 27.7 Å². The zero-order valence-electron chi connectivity index (χ0n) is 18.5. The van der Waals surface area contributed by atoms with E-state index in [9.17, 15) is 4.79 Å². The molecular weight excluding hydrogens is 380 g/mol. The molecule has 0 atom stereocenters. The van der Waals surface area contributed by atoms with Crippen LogP contribution in [-0.4, -0.2) is 31.9 Å². The van der Waals surface area contributed by atoms with Crippen LogP contribution in [0, 0.1) is 22.7 Å². The van der Waals surface area contributed by atoms with Gasteiger partial charge in [0, 0.05) is 24.8 Å². The molecule has 0 aromatic carbocycles. The van der Waals surface area contributed by atoms with Crippen LogP contribution in [0.4, 0.5) is 11.6 Å². The first-order valence-corrected chi connectivity index (χ1v) is 9.67. The average Bonchev–Trinajstić information content (AvgIpc) is 2.67. The first-order valence-electron chi connectivity index (χ1n) is 9.67. The highest BCUT2D eigenvalue weighted by Crippen LogP contribution is 2.16. The van der Waals surface area contributed by atoms with E-state index in [4.69, 9.17) is 10.5 Å². The molecule has 2 N–H and O–H groups in total. The summed E-state index contributed by atoms with van der Waals surface area (Å²) in [6.45, 7) is 13.3. The molecule has 2 heterocycles. The first-order chi connectivity index (χ1) is 14.1. The van der Waals surface area contributed by atoms with Crippen molar-refractivity contribution >= 4 is 17.5 Å². The molecule has 9 heteroatoms. The normalized spacial score (nSPS) is 10.1. The van der Waals surface area contributed by atoms with Gasteiger partial charge in [-0.3, -0.25) is 4.79 Å². The third-order valence-electron chi connectivity index (χ3n) is 3.61. The molecule has 9 nitrogen and oxygen atoms in total. The lowest BCUT2D eigenvalue weighted by atomic mass is 10.2. The molecule has 0 saturated carbocycles. The predicted octanol–water partition coefficient (Wildman–Crippen LogP) is 3.72. The molecule has 0 aliphatic heterocycles. The fraction of sp³-hybridized carbons (Fsp3) is 0.476. The summed E-state index contributed by atoms with van der Waals surface area (Å²) in [7, 11) is 0. The summed E-state index contributed by atoms with van der Waals surface area (Å²) in [6, 6.07) is 4.26. The molecule has 0 aliphatic carbocycles. The summed E-state index contributed by atoms with van der Waals surface area (Å²) < 4.78 is 0. The van der Waals surface area contributed by atoms with E-state index in [0.29, 0.717) is 17.2 Å². The second-order valence-corrected chi connectivity index (χ2v) is 7.49. The van der Waals surface area contributed by atoms with E-state index >= 15 is 0 Å². The molecule has 0 saturated heterocycles. The predicted molar refractivity (Wildman–Crippen MR) is 115 cm³/mol. The van der Waals surface area contributed by atoms with Gasteiger partial charge in [0.25, 0.3) is 0 Å². The van der Waals surface area contributed by atoms with Crippen molar-refractivity contribution in [3.63, 3.8) is 0 Å². The first kappa shape index (κ1) is 24.4. The molecule has 1 amide bonds. The summed E-state index contributed by atoms with van der Waals surface area (Å²) in [5.41, 5.74) is 0.766. The molecule has 0 aliphatic rings. The van der Waals surface area contributed by atoms with Crippen molar-refractivity contribution < 1.29 is 4.79 Å². The van der Waals surface area contributed by atoms with Crippen LogP contribution in [-0.2, 0) is 4.79 Å². The number of amides is 1.